The van der Waals surface area contributed by atoms with Gasteiger partial charge in [-0.05, 0) is 30.0 Å². The van der Waals surface area contributed by atoms with E-state index in [2.05, 4.69) is 40.8 Å². The van der Waals surface area contributed by atoms with Crippen molar-refractivity contribution in [1.29, 1.82) is 0 Å². The number of anilines is 1. The summed E-state index contributed by atoms with van der Waals surface area (Å²) in [5.41, 5.74) is 1.30. The van der Waals surface area contributed by atoms with Crippen LogP contribution in [0.2, 0.25) is 0 Å². The van der Waals surface area contributed by atoms with E-state index in [9.17, 15) is 0 Å². The van der Waals surface area contributed by atoms with Gasteiger partial charge in [0, 0.05) is 25.5 Å². The number of ether oxygens (including phenoxy) is 1. The first kappa shape index (κ1) is 14.4. The predicted octanol–water partition coefficient (Wildman–Crippen LogP) is 3.20. The first-order valence-electron chi connectivity index (χ1n) is 7.07. The highest BCUT2D eigenvalue weighted by molar-refractivity contribution is 5.28. The van der Waals surface area contributed by atoms with Crippen molar-refractivity contribution in [2.75, 3.05) is 19.0 Å². The van der Waals surface area contributed by atoms with Gasteiger partial charge >= 0.3 is 0 Å². The van der Waals surface area contributed by atoms with E-state index in [1.54, 1.807) is 7.11 Å². The fourth-order valence-electron chi connectivity index (χ4n) is 1.99. The molecule has 1 heterocycles. The smallest absolute Gasteiger partial charge is 0.202 e. The quantitative estimate of drug-likeness (QED) is 0.842. The van der Waals surface area contributed by atoms with Crippen molar-refractivity contribution in [3.05, 3.63) is 42.2 Å². The summed E-state index contributed by atoms with van der Waals surface area (Å²) in [6, 6.07) is 8.22. The number of rotatable bonds is 7. The third-order valence-electron chi connectivity index (χ3n) is 3.18. The van der Waals surface area contributed by atoms with E-state index in [1.165, 1.54) is 5.56 Å². The summed E-state index contributed by atoms with van der Waals surface area (Å²) in [6.45, 7) is 6.25. The maximum Gasteiger partial charge on any atom is 0.202 e. The van der Waals surface area contributed by atoms with Crippen LogP contribution in [-0.4, -0.2) is 23.2 Å². The average Bonchev–Trinajstić information content (AvgIpc) is 2.91. The van der Waals surface area contributed by atoms with Gasteiger partial charge in [0.15, 0.2) is 0 Å². The summed E-state index contributed by atoms with van der Waals surface area (Å²) >= 11 is 0. The Kier molecular flexibility index (Phi) is 5.04. The number of aromatic nitrogens is 2. The molecule has 1 N–H and O–H groups in total. The van der Waals surface area contributed by atoms with Crippen molar-refractivity contribution in [3.8, 4) is 5.75 Å². The van der Waals surface area contributed by atoms with E-state index < -0.39 is 0 Å². The van der Waals surface area contributed by atoms with Gasteiger partial charge in [-0.15, -0.1) is 0 Å². The Bertz CT molecular complexity index is 517. The van der Waals surface area contributed by atoms with E-state index in [-0.39, 0.29) is 0 Å². The lowest BCUT2D eigenvalue weighted by Crippen LogP contribution is -2.13. The van der Waals surface area contributed by atoms with Crippen molar-refractivity contribution in [3.63, 3.8) is 0 Å². The van der Waals surface area contributed by atoms with Crippen molar-refractivity contribution in [2.24, 2.45) is 5.92 Å². The van der Waals surface area contributed by atoms with Gasteiger partial charge in [0.1, 0.15) is 5.75 Å². The topological polar surface area (TPSA) is 39.1 Å². The van der Waals surface area contributed by atoms with Crippen molar-refractivity contribution < 1.29 is 4.74 Å². The minimum Gasteiger partial charge on any atom is -0.497 e. The molecule has 0 aliphatic rings. The number of nitrogens with zero attached hydrogens (tertiary/aromatic N) is 2. The number of hydrogen-bond acceptors (Lipinski definition) is 3. The molecule has 0 saturated carbocycles. The summed E-state index contributed by atoms with van der Waals surface area (Å²) in [7, 11) is 1.69. The molecular weight excluding hydrogens is 250 g/mol. The number of hydrogen-bond donors (Lipinski definition) is 1. The number of nitrogens with one attached hydrogen (secondary N) is 1. The van der Waals surface area contributed by atoms with Gasteiger partial charge in [-0.25, -0.2) is 4.98 Å². The largest absolute Gasteiger partial charge is 0.497 e. The highest BCUT2D eigenvalue weighted by Crippen LogP contribution is 2.13. The molecule has 0 amide bonds. The second-order valence-electron chi connectivity index (χ2n) is 5.32. The maximum absolute atomic E-state index is 5.17. The van der Waals surface area contributed by atoms with Crippen LogP contribution in [0.1, 0.15) is 19.4 Å². The van der Waals surface area contributed by atoms with Gasteiger partial charge in [-0.2, -0.15) is 0 Å². The molecule has 2 aromatic rings. The molecule has 0 radical (unpaired) electrons. The summed E-state index contributed by atoms with van der Waals surface area (Å²) in [4.78, 5) is 4.36. The van der Waals surface area contributed by atoms with Crippen LogP contribution in [0.5, 0.6) is 5.75 Å². The molecule has 0 spiro atoms. The molecular formula is C16H23N3O. The summed E-state index contributed by atoms with van der Waals surface area (Å²) in [6.07, 6.45) is 4.85. The van der Waals surface area contributed by atoms with Crippen molar-refractivity contribution in [2.45, 2.75) is 26.8 Å². The lowest BCUT2D eigenvalue weighted by atomic mass is 10.1. The molecule has 1 aromatic heterocycles. The molecule has 20 heavy (non-hydrogen) atoms. The second kappa shape index (κ2) is 6.98. The maximum atomic E-state index is 5.17. The fraction of sp³-hybridized carbons (Fsp3) is 0.438. The third-order valence-corrected chi connectivity index (χ3v) is 3.18. The highest BCUT2D eigenvalue weighted by Gasteiger charge is 2.03. The molecule has 0 aliphatic carbocycles. The SMILES string of the molecule is COc1ccc(CCn2ccnc2NCC(C)C)cc1. The Morgan fingerprint density at radius 2 is 2.00 bits per heavy atom. The third kappa shape index (κ3) is 4.02. The molecule has 2 rings (SSSR count). The Hall–Kier alpha value is -1.97. The molecule has 0 saturated heterocycles. The predicted molar refractivity (Wildman–Crippen MR) is 82.3 cm³/mol. The zero-order chi connectivity index (χ0) is 14.4. The van der Waals surface area contributed by atoms with Gasteiger partial charge in [0.05, 0.1) is 7.11 Å². The van der Waals surface area contributed by atoms with Crippen LogP contribution >= 0.6 is 0 Å². The Morgan fingerprint density at radius 3 is 2.65 bits per heavy atom. The van der Waals surface area contributed by atoms with Crippen LogP contribution in [0.15, 0.2) is 36.7 Å². The van der Waals surface area contributed by atoms with E-state index in [4.69, 9.17) is 4.74 Å². The van der Waals surface area contributed by atoms with Crippen LogP contribution < -0.4 is 10.1 Å². The lowest BCUT2D eigenvalue weighted by molar-refractivity contribution is 0.414. The van der Waals surface area contributed by atoms with E-state index in [1.807, 2.05) is 24.5 Å². The molecule has 4 heteroatoms. The van der Waals surface area contributed by atoms with E-state index in [0.29, 0.717) is 5.92 Å². The van der Waals surface area contributed by atoms with Crippen molar-refractivity contribution in [1.82, 2.24) is 9.55 Å². The zero-order valence-corrected chi connectivity index (χ0v) is 12.5. The normalized spacial score (nSPS) is 10.8. The fourth-order valence-corrected chi connectivity index (χ4v) is 1.99. The van der Waals surface area contributed by atoms with Crippen LogP contribution in [0.25, 0.3) is 0 Å². The van der Waals surface area contributed by atoms with Gasteiger partial charge in [0.25, 0.3) is 0 Å². The van der Waals surface area contributed by atoms with Crippen LogP contribution in [-0.2, 0) is 13.0 Å². The first-order valence-corrected chi connectivity index (χ1v) is 7.07. The number of imidazole rings is 1. The molecule has 1 aromatic carbocycles. The van der Waals surface area contributed by atoms with Crippen LogP contribution in [0, 0.1) is 5.92 Å². The van der Waals surface area contributed by atoms with Crippen LogP contribution in [0.4, 0.5) is 5.95 Å². The minimum absolute atomic E-state index is 0.613. The molecule has 0 unspecified atom stereocenters. The molecule has 0 aliphatic heterocycles. The summed E-state index contributed by atoms with van der Waals surface area (Å²) in [5.74, 6) is 2.46. The average molecular weight is 273 g/mol. The monoisotopic (exact) mass is 273 g/mol. The Labute approximate surface area is 120 Å². The van der Waals surface area contributed by atoms with Gasteiger partial charge in [-0.1, -0.05) is 26.0 Å². The van der Waals surface area contributed by atoms with Crippen molar-refractivity contribution >= 4 is 5.95 Å². The standard InChI is InChI=1S/C16H23N3O/c1-13(2)12-18-16-17-9-11-19(16)10-8-14-4-6-15(20-3)7-5-14/h4-7,9,11,13H,8,10,12H2,1-3H3,(H,17,18). The zero-order valence-electron chi connectivity index (χ0n) is 12.5. The number of methoxy groups -OCH3 is 1. The van der Waals surface area contributed by atoms with Gasteiger partial charge < -0.3 is 14.6 Å². The molecule has 0 fully saturated rings. The Morgan fingerprint density at radius 1 is 1.25 bits per heavy atom. The lowest BCUT2D eigenvalue weighted by Gasteiger charge is -2.11. The highest BCUT2D eigenvalue weighted by atomic mass is 16.5. The minimum atomic E-state index is 0.613. The molecule has 0 atom stereocenters. The number of aryl methyl sites for hydroxylation is 2. The molecule has 4 nitrogen and oxygen atoms in total. The van der Waals surface area contributed by atoms with E-state index >= 15 is 0 Å². The van der Waals surface area contributed by atoms with Crippen LogP contribution in [0.3, 0.4) is 0 Å². The number of benzene rings is 1. The summed E-state index contributed by atoms with van der Waals surface area (Å²) < 4.78 is 7.33. The molecule has 0 bridgehead atoms. The second-order valence-corrected chi connectivity index (χ2v) is 5.32. The first-order chi connectivity index (χ1) is 9.69. The Balaban J connectivity index is 1.91. The van der Waals surface area contributed by atoms with Gasteiger partial charge in [0.2, 0.25) is 5.95 Å². The summed E-state index contributed by atoms with van der Waals surface area (Å²) in [5, 5.41) is 3.38. The molecule has 108 valence electrons. The van der Waals surface area contributed by atoms with E-state index in [0.717, 1.165) is 31.2 Å². The van der Waals surface area contributed by atoms with Gasteiger partial charge in [-0.3, -0.25) is 0 Å².